The zero-order valence-corrected chi connectivity index (χ0v) is 16.8. The zero-order valence-electron chi connectivity index (χ0n) is 15.9. The molecule has 3 aromatic rings. The predicted molar refractivity (Wildman–Crippen MR) is 109 cm³/mol. The van der Waals surface area contributed by atoms with Crippen molar-refractivity contribution in [2.24, 2.45) is 0 Å². The molecule has 1 saturated heterocycles. The molecule has 1 atom stereocenters. The number of aryl methyl sites for hydroxylation is 1. The molecule has 1 aliphatic rings. The molecule has 2 heterocycles. The van der Waals surface area contributed by atoms with Gasteiger partial charge in [-0.05, 0) is 36.8 Å². The van der Waals surface area contributed by atoms with Gasteiger partial charge < -0.3 is 9.64 Å². The third-order valence-electron chi connectivity index (χ3n) is 4.88. The lowest BCUT2D eigenvalue weighted by molar-refractivity contribution is 0.122. The van der Waals surface area contributed by atoms with Crippen molar-refractivity contribution in [1.82, 2.24) is 9.97 Å². The number of nitriles is 1. The van der Waals surface area contributed by atoms with E-state index in [2.05, 4.69) is 9.97 Å². The molecule has 29 heavy (non-hydrogen) atoms. The summed E-state index contributed by atoms with van der Waals surface area (Å²) in [6.45, 7) is 3.95. The first-order chi connectivity index (χ1) is 14.0. The maximum atomic E-state index is 13.4. The van der Waals surface area contributed by atoms with Gasteiger partial charge in [-0.3, -0.25) is 0 Å². The maximum Gasteiger partial charge on any atom is 0.200 e. The van der Waals surface area contributed by atoms with E-state index in [0.29, 0.717) is 43.2 Å². The van der Waals surface area contributed by atoms with Gasteiger partial charge in [-0.25, -0.2) is 18.4 Å². The summed E-state index contributed by atoms with van der Waals surface area (Å²) in [6.07, 6.45) is 0. The first-order valence-electron chi connectivity index (χ1n) is 9.30. The number of aromatic nitrogens is 2. The van der Waals surface area contributed by atoms with Crippen LogP contribution in [0, 0.1) is 18.3 Å². The molecule has 0 aliphatic carbocycles. The highest BCUT2D eigenvalue weighted by Crippen LogP contribution is 2.34. The number of morpholine rings is 1. The number of nitrogens with zero attached hydrogens (tertiary/aromatic N) is 4. The fourth-order valence-electron chi connectivity index (χ4n) is 3.39. The molecule has 1 fully saturated rings. The molecule has 2 aromatic carbocycles. The van der Waals surface area contributed by atoms with Crippen molar-refractivity contribution in [2.75, 3.05) is 31.2 Å². The van der Waals surface area contributed by atoms with Gasteiger partial charge >= 0.3 is 0 Å². The summed E-state index contributed by atoms with van der Waals surface area (Å²) in [5.41, 5.74) is 2.18. The number of anilines is 1. The lowest BCUT2D eigenvalue weighted by Crippen LogP contribution is -2.38. The van der Waals surface area contributed by atoms with Crippen LogP contribution in [0.3, 0.4) is 0 Å². The third-order valence-corrected chi connectivity index (χ3v) is 6.74. The maximum absolute atomic E-state index is 13.4. The summed E-state index contributed by atoms with van der Waals surface area (Å²) < 4.78 is 32.1. The van der Waals surface area contributed by atoms with E-state index in [0.717, 1.165) is 5.56 Å². The number of para-hydroxylation sites is 2. The summed E-state index contributed by atoms with van der Waals surface area (Å²) in [5.74, 6) is 0.426. The molecule has 0 spiro atoms. The molecule has 1 aromatic heterocycles. The number of hydrogen-bond acceptors (Lipinski definition) is 7. The van der Waals surface area contributed by atoms with E-state index in [-0.39, 0.29) is 10.6 Å². The highest BCUT2D eigenvalue weighted by molar-refractivity contribution is 7.92. The molecule has 8 heteroatoms. The van der Waals surface area contributed by atoms with Crippen LogP contribution in [0.25, 0.3) is 11.0 Å². The Morgan fingerprint density at radius 1 is 1.07 bits per heavy atom. The van der Waals surface area contributed by atoms with E-state index >= 15 is 0 Å². The van der Waals surface area contributed by atoms with Crippen molar-refractivity contribution in [3.05, 3.63) is 59.8 Å². The van der Waals surface area contributed by atoms with Crippen LogP contribution in [0.5, 0.6) is 0 Å². The third kappa shape index (κ3) is 3.67. The lowest BCUT2D eigenvalue weighted by atomic mass is 10.2. The second-order valence-corrected chi connectivity index (χ2v) is 8.92. The van der Waals surface area contributed by atoms with Crippen LogP contribution in [0.2, 0.25) is 0 Å². The van der Waals surface area contributed by atoms with Crippen LogP contribution in [-0.2, 0) is 14.6 Å². The van der Waals surface area contributed by atoms with Crippen molar-refractivity contribution in [2.45, 2.75) is 17.1 Å². The van der Waals surface area contributed by atoms with Crippen LogP contribution in [-0.4, -0.2) is 44.7 Å². The second-order valence-electron chi connectivity index (χ2n) is 6.89. The van der Waals surface area contributed by atoms with Crippen LogP contribution >= 0.6 is 0 Å². The SMILES string of the molecule is Cc1cccc(S(=O)(=O)[C@H](C#N)c2nc3ccccc3nc2N2CCOCC2)c1. The minimum absolute atomic E-state index is 0.104. The first kappa shape index (κ1) is 19.3. The zero-order chi connectivity index (χ0) is 20.4. The van der Waals surface area contributed by atoms with Gasteiger partial charge in [0.05, 0.1) is 35.2 Å². The molecule has 0 radical (unpaired) electrons. The standard InChI is InChI=1S/C21H20N4O3S/c1-15-5-4-6-16(13-15)29(26,27)19(14-22)20-21(25-9-11-28-12-10-25)24-18-8-3-2-7-17(18)23-20/h2-8,13,19H,9-12H2,1H3/t19-/m1/s1. The highest BCUT2D eigenvalue weighted by atomic mass is 32.2. The fraction of sp³-hybridized carbons (Fsp3) is 0.286. The number of benzene rings is 2. The van der Waals surface area contributed by atoms with E-state index in [1.54, 1.807) is 18.2 Å². The molecule has 0 bridgehead atoms. The predicted octanol–water partition coefficient (Wildman–Crippen LogP) is 2.81. The molecule has 7 nitrogen and oxygen atoms in total. The minimum atomic E-state index is -3.98. The number of fused-ring (bicyclic) bond motifs is 1. The Balaban J connectivity index is 1.91. The Bertz CT molecular complexity index is 1200. The second kappa shape index (κ2) is 7.78. The van der Waals surface area contributed by atoms with E-state index in [1.165, 1.54) is 6.07 Å². The van der Waals surface area contributed by atoms with Crippen molar-refractivity contribution in [3.8, 4) is 6.07 Å². The average molecular weight is 408 g/mol. The molecule has 0 N–H and O–H groups in total. The first-order valence-corrected chi connectivity index (χ1v) is 10.8. The molecule has 0 unspecified atom stereocenters. The monoisotopic (exact) mass is 408 g/mol. The van der Waals surface area contributed by atoms with Crippen LogP contribution in [0.1, 0.15) is 16.5 Å². The van der Waals surface area contributed by atoms with Gasteiger partial charge in [-0.2, -0.15) is 5.26 Å². The fourth-order valence-corrected chi connectivity index (χ4v) is 4.88. The van der Waals surface area contributed by atoms with E-state index in [1.807, 2.05) is 42.2 Å². The Hall–Kier alpha value is -3.02. The van der Waals surface area contributed by atoms with Crippen LogP contribution < -0.4 is 4.90 Å². The van der Waals surface area contributed by atoms with Gasteiger partial charge in [0, 0.05) is 13.1 Å². The number of rotatable bonds is 4. The van der Waals surface area contributed by atoms with Gasteiger partial charge in [0.2, 0.25) is 9.84 Å². The Kier molecular flexibility index (Phi) is 5.18. The topological polar surface area (TPSA) is 96.2 Å². The number of hydrogen-bond donors (Lipinski definition) is 0. The molecule has 1 aliphatic heterocycles. The summed E-state index contributed by atoms with van der Waals surface area (Å²) in [6, 6.07) is 15.8. The van der Waals surface area contributed by atoms with E-state index in [4.69, 9.17) is 4.74 Å². The minimum Gasteiger partial charge on any atom is -0.378 e. The average Bonchev–Trinajstić information content (AvgIpc) is 2.74. The van der Waals surface area contributed by atoms with Crippen molar-refractivity contribution < 1.29 is 13.2 Å². The quantitative estimate of drug-likeness (QED) is 0.655. The van der Waals surface area contributed by atoms with Crippen molar-refractivity contribution in [3.63, 3.8) is 0 Å². The van der Waals surface area contributed by atoms with Crippen molar-refractivity contribution >= 4 is 26.7 Å². The molecular weight excluding hydrogens is 388 g/mol. The summed E-state index contributed by atoms with van der Waals surface area (Å²) in [7, 11) is -3.98. The summed E-state index contributed by atoms with van der Waals surface area (Å²) >= 11 is 0. The molecule has 4 rings (SSSR count). The highest BCUT2D eigenvalue weighted by Gasteiger charge is 2.35. The van der Waals surface area contributed by atoms with Crippen molar-refractivity contribution in [1.29, 1.82) is 5.26 Å². The smallest absolute Gasteiger partial charge is 0.200 e. The van der Waals surface area contributed by atoms with Gasteiger partial charge in [-0.1, -0.05) is 24.3 Å². The Morgan fingerprint density at radius 3 is 2.41 bits per heavy atom. The lowest BCUT2D eigenvalue weighted by Gasteiger charge is -2.30. The van der Waals surface area contributed by atoms with Gasteiger partial charge in [-0.15, -0.1) is 0 Å². The summed E-state index contributed by atoms with van der Waals surface area (Å²) in [4.78, 5) is 11.3. The molecule has 0 amide bonds. The molecule has 0 saturated carbocycles. The normalized spacial score (nSPS) is 15.8. The van der Waals surface area contributed by atoms with Gasteiger partial charge in [0.15, 0.2) is 11.1 Å². The van der Waals surface area contributed by atoms with Gasteiger partial charge in [0.25, 0.3) is 0 Å². The Labute approximate surface area is 169 Å². The Morgan fingerprint density at radius 2 is 1.76 bits per heavy atom. The van der Waals surface area contributed by atoms with Crippen LogP contribution in [0.15, 0.2) is 53.4 Å². The van der Waals surface area contributed by atoms with E-state index in [9.17, 15) is 13.7 Å². The largest absolute Gasteiger partial charge is 0.378 e. The summed E-state index contributed by atoms with van der Waals surface area (Å²) in [5, 5.41) is 8.44. The van der Waals surface area contributed by atoms with Gasteiger partial charge in [0.1, 0.15) is 5.69 Å². The molecule has 148 valence electrons. The number of sulfone groups is 1. The molecular formula is C21H20N4O3S. The van der Waals surface area contributed by atoms with Crippen LogP contribution in [0.4, 0.5) is 5.82 Å². The number of ether oxygens (including phenoxy) is 1. The van der Waals surface area contributed by atoms with E-state index < -0.39 is 15.1 Å².